The number of aliphatic hydroxyl groups is 5. The molecule has 0 bridgehead atoms. The van der Waals surface area contributed by atoms with Crippen molar-refractivity contribution in [2.24, 2.45) is 0 Å². The van der Waals surface area contributed by atoms with E-state index in [0.29, 0.717) is 19.3 Å². The zero-order valence-electron chi connectivity index (χ0n) is 53.9. The van der Waals surface area contributed by atoms with Crippen LogP contribution >= 0.6 is 0 Å². The third-order valence-electron chi connectivity index (χ3n) is 17.1. The first kappa shape index (κ1) is 78.2. The molecule has 0 spiro atoms. The van der Waals surface area contributed by atoms with Crippen LogP contribution in [0.3, 0.4) is 0 Å². The predicted molar refractivity (Wildman–Crippen MR) is 343 cm³/mol. The third kappa shape index (κ3) is 46.4. The number of hydrogen-bond acceptors (Lipinski definition) is 10. The Morgan fingerprint density at radius 3 is 1.18 bits per heavy atom. The van der Waals surface area contributed by atoms with Crippen LogP contribution < -0.4 is 5.32 Å². The Kier molecular flexibility index (Phi) is 56.7. The van der Waals surface area contributed by atoms with Crippen molar-refractivity contribution in [2.45, 2.75) is 404 Å². The van der Waals surface area contributed by atoms with E-state index in [2.05, 4.69) is 38.2 Å². The van der Waals surface area contributed by atoms with Crippen molar-refractivity contribution in [3.05, 3.63) is 24.3 Å². The van der Waals surface area contributed by atoms with Gasteiger partial charge in [0.15, 0.2) is 12.4 Å². The Labute approximate surface area is 505 Å². The Bertz CT molecular complexity index is 1430. The number of rotatable bonds is 62. The van der Waals surface area contributed by atoms with E-state index < -0.39 is 67.4 Å². The standard InChI is InChI=1S/C71H135NO10/c1-4-7-10-13-16-19-22-25-27-29-30-31-32-33-34-35-37-38-40-43-46-49-52-55-58-64(75)70(79)72-62(63(74)57-54-51-48-45-42-24-21-18-15-12-9-6-3)61-80-71-69(68(78)67(77)65(60-73)81-71)82-66(76)59-56-53-50-47-44-41-39-36-28-26-23-20-17-14-11-8-5-2/h25,27,54,57,62-65,67-69,71,73-75,77-78H,4-24,26,28-53,55-56,58-61H2,1-3H3,(H,72,79)/b27-25+,57-54+. The van der Waals surface area contributed by atoms with E-state index in [1.54, 1.807) is 6.08 Å². The molecule has 1 amide bonds. The number of carbonyl (C=O) groups excluding carboxylic acids is 2. The fraction of sp³-hybridized carbons (Fsp3) is 0.915. The van der Waals surface area contributed by atoms with E-state index in [1.807, 2.05) is 6.08 Å². The molecule has 0 aromatic carbocycles. The first-order valence-corrected chi connectivity index (χ1v) is 35.6. The summed E-state index contributed by atoms with van der Waals surface area (Å²) in [5.41, 5.74) is 0. The van der Waals surface area contributed by atoms with Crippen molar-refractivity contribution < 1.29 is 49.3 Å². The van der Waals surface area contributed by atoms with Crippen LogP contribution in [0.1, 0.15) is 355 Å². The summed E-state index contributed by atoms with van der Waals surface area (Å²) < 4.78 is 17.7. The SMILES string of the molecule is CCCCCCCC/C=C/CCCCCCCCCCCCCCCCC(O)C(=O)NC(COC1OC(CO)C(O)C(O)C1OC(=O)CCCCCCCCCCCCCCCCCCC)C(O)/C=C/CCCCCCCCCCCC. The van der Waals surface area contributed by atoms with Gasteiger partial charge in [-0.3, -0.25) is 9.59 Å². The minimum atomic E-state index is -1.61. The highest BCUT2D eigenvalue weighted by Crippen LogP contribution is 2.26. The predicted octanol–water partition coefficient (Wildman–Crippen LogP) is 18.0. The highest BCUT2D eigenvalue weighted by molar-refractivity contribution is 5.80. The Morgan fingerprint density at radius 1 is 0.463 bits per heavy atom. The molecule has 0 radical (unpaired) electrons. The van der Waals surface area contributed by atoms with Crippen molar-refractivity contribution in [3.63, 3.8) is 0 Å². The molecule has 1 rings (SSSR count). The number of carbonyl (C=O) groups is 2. The minimum Gasteiger partial charge on any atom is -0.454 e. The number of ether oxygens (including phenoxy) is 3. The maximum atomic E-state index is 13.5. The maximum Gasteiger partial charge on any atom is 0.306 e. The molecule has 11 nitrogen and oxygen atoms in total. The van der Waals surface area contributed by atoms with Crippen molar-refractivity contribution in [1.29, 1.82) is 0 Å². The first-order chi connectivity index (χ1) is 40.2. The average molecular weight is 1160 g/mol. The van der Waals surface area contributed by atoms with Gasteiger partial charge in [-0.2, -0.15) is 0 Å². The van der Waals surface area contributed by atoms with Crippen LogP contribution in [0.5, 0.6) is 0 Å². The fourth-order valence-electron chi connectivity index (χ4n) is 11.5. The third-order valence-corrected chi connectivity index (χ3v) is 17.1. The van der Waals surface area contributed by atoms with Crippen LogP contribution in [0.15, 0.2) is 24.3 Å². The van der Waals surface area contributed by atoms with E-state index in [4.69, 9.17) is 14.2 Å². The lowest BCUT2D eigenvalue weighted by Gasteiger charge is -2.41. The number of hydrogen-bond donors (Lipinski definition) is 6. The molecular formula is C71H135NO10. The zero-order valence-corrected chi connectivity index (χ0v) is 53.9. The number of aliphatic hydroxyl groups excluding tert-OH is 5. The second kappa shape index (κ2) is 59.5. The molecule has 484 valence electrons. The molecule has 1 saturated heterocycles. The van der Waals surface area contributed by atoms with Gasteiger partial charge in [-0.25, -0.2) is 0 Å². The smallest absolute Gasteiger partial charge is 0.306 e. The zero-order chi connectivity index (χ0) is 59.6. The lowest BCUT2D eigenvalue weighted by atomic mass is 9.99. The molecule has 0 saturated carbocycles. The van der Waals surface area contributed by atoms with Gasteiger partial charge in [0, 0.05) is 6.42 Å². The topological polar surface area (TPSA) is 175 Å². The second-order valence-electron chi connectivity index (χ2n) is 25.0. The van der Waals surface area contributed by atoms with Gasteiger partial charge in [0.1, 0.15) is 24.4 Å². The highest BCUT2D eigenvalue weighted by atomic mass is 16.7. The average Bonchev–Trinajstić information content (AvgIpc) is 3.68. The van der Waals surface area contributed by atoms with Gasteiger partial charge in [-0.1, -0.05) is 321 Å². The summed E-state index contributed by atoms with van der Waals surface area (Å²) in [6, 6.07) is -1.02. The molecule has 0 aromatic rings. The molecule has 1 fully saturated rings. The molecule has 8 unspecified atom stereocenters. The molecule has 1 aliphatic heterocycles. The molecule has 82 heavy (non-hydrogen) atoms. The molecule has 6 N–H and O–H groups in total. The quantitative estimate of drug-likeness (QED) is 0.0195. The van der Waals surface area contributed by atoms with Gasteiger partial charge in [0.05, 0.1) is 25.4 Å². The van der Waals surface area contributed by atoms with Crippen molar-refractivity contribution in [1.82, 2.24) is 5.32 Å². The molecule has 8 atom stereocenters. The molecular weight excluding hydrogens is 1030 g/mol. The number of nitrogens with one attached hydrogen (secondary N) is 1. The monoisotopic (exact) mass is 1160 g/mol. The summed E-state index contributed by atoms with van der Waals surface area (Å²) in [5, 5.41) is 57.2. The normalized spacial score (nSPS) is 18.7. The highest BCUT2D eigenvalue weighted by Gasteiger charge is 2.47. The van der Waals surface area contributed by atoms with Crippen molar-refractivity contribution in [3.8, 4) is 0 Å². The van der Waals surface area contributed by atoms with E-state index in [-0.39, 0.29) is 13.0 Å². The fourth-order valence-corrected chi connectivity index (χ4v) is 11.5. The summed E-state index contributed by atoms with van der Waals surface area (Å²) in [5.74, 6) is -1.17. The van der Waals surface area contributed by atoms with Crippen LogP contribution in [-0.4, -0.2) is 99.6 Å². The van der Waals surface area contributed by atoms with Gasteiger partial charge in [0.25, 0.3) is 0 Å². The Hall–Kier alpha value is -1.86. The van der Waals surface area contributed by atoms with Crippen molar-refractivity contribution >= 4 is 11.9 Å². The summed E-state index contributed by atoms with van der Waals surface area (Å²) in [6.07, 6.45) is 60.8. The molecule has 0 aliphatic carbocycles. The van der Waals surface area contributed by atoms with Crippen LogP contribution in [0.4, 0.5) is 0 Å². The van der Waals surface area contributed by atoms with E-state index in [0.717, 1.165) is 57.8 Å². The molecule has 0 aromatic heterocycles. The van der Waals surface area contributed by atoms with Gasteiger partial charge >= 0.3 is 5.97 Å². The summed E-state index contributed by atoms with van der Waals surface area (Å²) >= 11 is 0. The van der Waals surface area contributed by atoms with E-state index in [1.165, 1.54) is 250 Å². The molecule has 1 aliphatic rings. The van der Waals surface area contributed by atoms with Crippen molar-refractivity contribution in [2.75, 3.05) is 13.2 Å². The number of amides is 1. The number of unbranched alkanes of at least 4 members (excludes halogenated alkanes) is 46. The lowest BCUT2D eigenvalue weighted by molar-refractivity contribution is -0.305. The summed E-state index contributed by atoms with van der Waals surface area (Å²) in [4.78, 5) is 26.6. The second-order valence-corrected chi connectivity index (χ2v) is 25.0. The largest absolute Gasteiger partial charge is 0.454 e. The lowest BCUT2D eigenvalue weighted by Crippen LogP contribution is -2.61. The number of esters is 1. The Morgan fingerprint density at radius 2 is 0.805 bits per heavy atom. The van der Waals surface area contributed by atoms with Crippen LogP contribution in [-0.2, 0) is 23.8 Å². The van der Waals surface area contributed by atoms with Crippen LogP contribution in [0.2, 0.25) is 0 Å². The van der Waals surface area contributed by atoms with Gasteiger partial charge in [0.2, 0.25) is 5.91 Å². The Balaban J connectivity index is 2.56. The number of allylic oxidation sites excluding steroid dienone is 3. The van der Waals surface area contributed by atoms with Gasteiger partial charge < -0.3 is 45.1 Å². The first-order valence-electron chi connectivity index (χ1n) is 35.6. The molecule has 1 heterocycles. The van der Waals surface area contributed by atoms with E-state index in [9.17, 15) is 35.1 Å². The van der Waals surface area contributed by atoms with Gasteiger partial charge in [-0.05, 0) is 51.4 Å². The van der Waals surface area contributed by atoms with E-state index >= 15 is 0 Å². The minimum absolute atomic E-state index is 0.131. The summed E-state index contributed by atoms with van der Waals surface area (Å²) in [7, 11) is 0. The van der Waals surface area contributed by atoms with Crippen LogP contribution in [0.25, 0.3) is 0 Å². The van der Waals surface area contributed by atoms with Gasteiger partial charge in [-0.15, -0.1) is 0 Å². The van der Waals surface area contributed by atoms with Crippen LogP contribution in [0, 0.1) is 0 Å². The molecule has 11 heteroatoms. The summed E-state index contributed by atoms with van der Waals surface area (Å²) in [6.45, 7) is 5.84. The maximum absolute atomic E-state index is 13.5.